The first-order chi connectivity index (χ1) is 24.2. The van der Waals surface area contributed by atoms with Gasteiger partial charge in [-0.1, -0.05) is 103 Å². The van der Waals surface area contributed by atoms with Crippen molar-refractivity contribution >= 4 is 11.3 Å². The highest BCUT2D eigenvalue weighted by Gasteiger charge is 2.45. The zero-order chi connectivity index (χ0) is 32.9. The Bertz CT molecular complexity index is 2300. The van der Waals surface area contributed by atoms with Crippen LogP contribution in [0.5, 0.6) is 0 Å². The van der Waals surface area contributed by atoms with Crippen LogP contribution in [0, 0.1) is 6.92 Å². The van der Waals surface area contributed by atoms with Crippen LogP contribution < -0.4 is 10.2 Å². The van der Waals surface area contributed by atoms with Crippen LogP contribution in [0.1, 0.15) is 63.9 Å². The molecule has 6 aromatic rings. The molecule has 9 rings (SSSR count). The van der Waals surface area contributed by atoms with Gasteiger partial charge < -0.3 is 10.2 Å². The van der Waals surface area contributed by atoms with Gasteiger partial charge in [0.1, 0.15) is 0 Å². The minimum atomic E-state index is 0.0897. The second kappa shape index (κ2) is 11.9. The number of pyridine rings is 1. The highest BCUT2D eigenvalue weighted by Crippen LogP contribution is 2.58. The van der Waals surface area contributed by atoms with E-state index in [4.69, 9.17) is 4.98 Å². The van der Waals surface area contributed by atoms with Crippen LogP contribution in [-0.4, -0.2) is 4.98 Å². The highest BCUT2D eigenvalue weighted by atomic mass is 15.2. The van der Waals surface area contributed by atoms with Gasteiger partial charge in [0.15, 0.2) is 0 Å². The summed E-state index contributed by atoms with van der Waals surface area (Å²) in [4.78, 5) is 7.36. The van der Waals surface area contributed by atoms with E-state index in [9.17, 15) is 0 Å². The molecule has 3 atom stereocenters. The Kier molecular flexibility index (Phi) is 7.13. The van der Waals surface area contributed by atoms with Crippen molar-refractivity contribution in [1.29, 1.82) is 0 Å². The Morgan fingerprint density at radius 2 is 1.41 bits per heavy atom. The zero-order valence-electron chi connectivity index (χ0n) is 27.7. The highest BCUT2D eigenvalue weighted by molar-refractivity contribution is 5.93. The van der Waals surface area contributed by atoms with Crippen LogP contribution in [0.4, 0.5) is 5.69 Å². The van der Waals surface area contributed by atoms with Crippen LogP contribution in [0.15, 0.2) is 170 Å². The fourth-order valence-corrected chi connectivity index (χ4v) is 8.22. The number of anilines is 1. The summed E-state index contributed by atoms with van der Waals surface area (Å²) >= 11 is 0. The molecule has 0 saturated heterocycles. The number of allylic oxidation sites excluding steroid dienone is 3. The molecule has 0 radical (unpaired) electrons. The molecule has 0 fully saturated rings. The van der Waals surface area contributed by atoms with E-state index in [1.165, 1.54) is 67.0 Å². The summed E-state index contributed by atoms with van der Waals surface area (Å²) in [6, 6.07) is 49.4. The maximum absolute atomic E-state index is 4.74. The maximum atomic E-state index is 4.74. The molecule has 0 bridgehead atoms. The van der Waals surface area contributed by atoms with E-state index in [2.05, 4.69) is 164 Å². The summed E-state index contributed by atoms with van der Waals surface area (Å²) in [5.41, 5.74) is 17.5. The minimum absolute atomic E-state index is 0.0897. The number of nitrogens with zero attached hydrogens (tertiary/aromatic N) is 2. The lowest BCUT2D eigenvalue weighted by Gasteiger charge is -2.39. The third-order valence-corrected chi connectivity index (χ3v) is 10.5. The van der Waals surface area contributed by atoms with Crippen molar-refractivity contribution in [3.8, 4) is 22.4 Å². The third-order valence-electron chi connectivity index (χ3n) is 10.5. The van der Waals surface area contributed by atoms with E-state index >= 15 is 0 Å². The number of benzene rings is 5. The Morgan fingerprint density at radius 1 is 0.612 bits per heavy atom. The molecule has 3 aliphatic rings. The van der Waals surface area contributed by atoms with Crippen LogP contribution in [0.3, 0.4) is 0 Å². The normalized spacial score (nSPS) is 18.9. The summed E-state index contributed by atoms with van der Waals surface area (Å²) in [5.74, 6) is 0.215. The fraction of sp³-hybridized carbons (Fsp3) is 0.109. The van der Waals surface area contributed by atoms with E-state index in [0.29, 0.717) is 0 Å². The van der Waals surface area contributed by atoms with Crippen molar-refractivity contribution < 1.29 is 0 Å². The second-order valence-corrected chi connectivity index (χ2v) is 13.3. The van der Waals surface area contributed by atoms with Gasteiger partial charge in [0.2, 0.25) is 0 Å². The number of rotatable bonds is 5. The van der Waals surface area contributed by atoms with Gasteiger partial charge in [-0.25, -0.2) is 0 Å². The van der Waals surface area contributed by atoms with Crippen molar-refractivity contribution in [3.63, 3.8) is 0 Å². The molecule has 0 amide bonds. The van der Waals surface area contributed by atoms with Gasteiger partial charge in [-0.15, -0.1) is 0 Å². The van der Waals surface area contributed by atoms with Crippen LogP contribution >= 0.6 is 0 Å². The summed E-state index contributed by atoms with van der Waals surface area (Å²) in [6.45, 7) is 4.56. The molecule has 5 aromatic carbocycles. The molecule has 1 aromatic heterocycles. The number of nitrogens with one attached hydrogen (secondary N) is 1. The van der Waals surface area contributed by atoms with Crippen molar-refractivity contribution in [2.45, 2.75) is 31.8 Å². The summed E-state index contributed by atoms with van der Waals surface area (Å²) in [5, 5.41) is 3.54. The SMILES string of the molecule is CC1=C(c2ccccc2C)c2cc(-c3cc(-c4ccccn4)cc(C4C=CC=CN4)c3)ccc2C2C(c3ccccc3)c3ccccc3N12. The van der Waals surface area contributed by atoms with Gasteiger partial charge in [0.05, 0.1) is 17.8 Å². The number of para-hydroxylation sites is 1. The van der Waals surface area contributed by atoms with Crippen molar-refractivity contribution in [1.82, 2.24) is 10.3 Å². The third kappa shape index (κ3) is 4.93. The number of aromatic nitrogens is 1. The minimum Gasteiger partial charge on any atom is -0.381 e. The molecule has 3 aliphatic heterocycles. The first kappa shape index (κ1) is 29.2. The Balaban J connectivity index is 1.28. The van der Waals surface area contributed by atoms with Gasteiger partial charge in [-0.2, -0.15) is 0 Å². The van der Waals surface area contributed by atoms with Crippen LogP contribution in [0.25, 0.3) is 28.0 Å². The number of hydrogen-bond acceptors (Lipinski definition) is 3. The number of fused-ring (bicyclic) bond motifs is 5. The fourth-order valence-electron chi connectivity index (χ4n) is 8.22. The maximum Gasteiger partial charge on any atom is 0.0704 e. The average molecular weight is 632 g/mol. The van der Waals surface area contributed by atoms with Gasteiger partial charge in [0.25, 0.3) is 0 Å². The number of hydrogen-bond donors (Lipinski definition) is 1. The summed E-state index contributed by atoms with van der Waals surface area (Å²) in [7, 11) is 0. The van der Waals surface area contributed by atoms with Gasteiger partial charge >= 0.3 is 0 Å². The molecular weight excluding hydrogens is 595 g/mol. The largest absolute Gasteiger partial charge is 0.381 e. The van der Waals surface area contributed by atoms with E-state index in [1.54, 1.807) is 0 Å². The smallest absolute Gasteiger partial charge is 0.0704 e. The van der Waals surface area contributed by atoms with Gasteiger partial charge in [0, 0.05) is 34.6 Å². The van der Waals surface area contributed by atoms with Crippen molar-refractivity contribution in [2.75, 3.05) is 4.90 Å². The molecule has 3 unspecified atom stereocenters. The van der Waals surface area contributed by atoms with E-state index in [-0.39, 0.29) is 18.0 Å². The Hall–Kier alpha value is -5.93. The van der Waals surface area contributed by atoms with Crippen LogP contribution in [-0.2, 0) is 0 Å². The lowest BCUT2D eigenvalue weighted by atomic mass is 9.77. The van der Waals surface area contributed by atoms with E-state index in [0.717, 1.165) is 11.3 Å². The predicted molar refractivity (Wildman–Crippen MR) is 202 cm³/mol. The van der Waals surface area contributed by atoms with Crippen LogP contribution in [0.2, 0.25) is 0 Å². The van der Waals surface area contributed by atoms with E-state index in [1.807, 2.05) is 24.5 Å². The molecule has 236 valence electrons. The molecule has 49 heavy (non-hydrogen) atoms. The summed E-state index contributed by atoms with van der Waals surface area (Å²) < 4.78 is 0. The lowest BCUT2D eigenvalue weighted by molar-refractivity contribution is 0.632. The molecule has 1 N–H and O–H groups in total. The molecule has 0 saturated carbocycles. The van der Waals surface area contributed by atoms with Crippen molar-refractivity contribution in [3.05, 3.63) is 209 Å². The topological polar surface area (TPSA) is 28.2 Å². The quantitative estimate of drug-likeness (QED) is 0.205. The van der Waals surface area contributed by atoms with Gasteiger partial charge in [-0.3, -0.25) is 4.98 Å². The lowest BCUT2D eigenvalue weighted by Crippen LogP contribution is -2.31. The average Bonchev–Trinajstić information content (AvgIpc) is 3.52. The monoisotopic (exact) mass is 631 g/mol. The Morgan fingerprint density at radius 3 is 2.22 bits per heavy atom. The molecule has 0 aliphatic carbocycles. The predicted octanol–water partition coefficient (Wildman–Crippen LogP) is 10.9. The Labute approximate surface area is 288 Å². The molecule has 0 spiro atoms. The first-order valence-corrected chi connectivity index (χ1v) is 17.2. The number of aryl methyl sites for hydroxylation is 1. The van der Waals surface area contributed by atoms with Crippen molar-refractivity contribution in [2.24, 2.45) is 0 Å². The van der Waals surface area contributed by atoms with E-state index < -0.39 is 0 Å². The van der Waals surface area contributed by atoms with Gasteiger partial charge in [-0.05, 0) is 119 Å². The molecule has 4 heterocycles. The molecular formula is C46H37N3. The standard InChI is InChI=1S/C46H37N3/c1-30-14-6-7-17-37(30)44-31(2)49-43-21-9-8-18-39(43)45(32-15-4-3-5-16-32)46(49)38-23-22-33(29-40(38)44)34-26-35(41-19-10-12-24-47-41)28-36(27-34)42-20-11-13-25-48-42/h3-29,41,45-47H,1-2H3. The molecule has 3 nitrogen and oxygen atoms in total. The zero-order valence-corrected chi connectivity index (χ0v) is 27.7. The molecule has 3 heteroatoms. The number of dihydropyridines is 1. The first-order valence-electron chi connectivity index (χ1n) is 17.2. The summed E-state index contributed by atoms with van der Waals surface area (Å²) in [6.07, 6.45) is 10.3. The second-order valence-electron chi connectivity index (χ2n) is 13.3.